The summed E-state index contributed by atoms with van der Waals surface area (Å²) in [4.78, 5) is 3.96. The van der Waals surface area contributed by atoms with E-state index < -0.39 is 6.10 Å². The topological polar surface area (TPSA) is 38.0 Å². The van der Waals surface area contributed by atoms with Gasteiger partial charge in [-0.15, -0.1) is 0 Å². The summed E-state index contributed by atoms with van der Waals surface area (Å²) in [7, 11) is 0. The Morgan fingerprint density at radius 3 is 2.83 bits per heavy atom. The van der Waals surface area contributed by atoms with Crippen molar-refractivity contribution in [3.63, 3.8) is 0 Å². The highest BCUT2D eigenvalue weighted by Crippen LogP contribution is 2.22. The monoisotopic (exact) mass is 264 g/mol. The van der Waals surface area contributed by atoms with Crippen LogP contribution in [0.1, 0.15) is 31.1 Å². The first-order valence-corrected chi connectivity index (χ1v) is 6.38. The van der Waals surface area contributed by atoms with Crippen LogP contribution in [0.25, 0.3) is 0 Å². The summed E-state index contributed by atoms with van der Waals surface area (Å²) >= 11 is 6.07. The molecule has 0 bridgehead atoms. The normalized spacial score (nSPS) is 12.9. The van der Waals surface area contributed by atoms with Crippen LogP contribution in [0.2, 0.25) is 5.02 Å². The largest absolute Gasteiger partial charge is 0.388 e. The van der Waals surface area contributed by atoms with Gasteiger partial charge < -0.3 is 9.67 Å². The van der Waals surface area contributed by atoms with Crippen molar-refractivity contribution >= 4 is 11.6 Å². The highest BCUT2D eigenvalue weighted by molar-refractivity contribution is 6.31. The second kappa shape index (κ2) is 5.55. The van der Waals surface area contributed by atoms with E-state index in [1.54, 1.807) is 12.4 Å². The molecule has 0 aliphatic carbocycles. The van der Waals surface area contributed by atoms with Gasteiger partial charge in [-0.25, -0.2) is 0 Å². The third-order valence-electron chi connectivity index (χ3n) is 2.96. The Hall–Kier alpha value is -1.32. The molecular formula is C14H17ClN2O. The van der Waals surface area contributed by atoms with Gasteiger partial charge in [-0.1, -0.05) is 25.4 Å². The van der Waals surface area contributed by atoms with Gasteiger partial charge in [0.05, 0.1) is 11.1 Å². The average molecular weight is 265 g/mol. The van der Waals surface area contributed by atoms with E-state index in [9.17, 15) is 5.11 Å². The molecule has 1 N–H and O–H groups in total. The summed E-state index contributed by atoms with van der Waals surface area (Å²) in [5.74, 6) is 0.213. The molecule has 0 saturated heterocycles. The molecule has 4 heteroatoms. The van der Waals surface area contributed by atoms with E-state index in [1.165, 1.54) is 0 Å². The highest BCUT2D eigenvalue weighted by Gasteiger charge is 2.13. The van der Waals surface area contributed by atoms with Gasteiger partial charge in [0.15, 0.2) is 0 Å². The van der Waals surface area contributed by atoms with Crippen LogP contribution in [-0.2, 0) is 6.54 Å². The van der Waals surface area contributed by atoms with Crippen LogP contribution >= 0.6 is 11.6 Å². The molecule has 2 aromatic rings. The molecule has 1 unspecified atom stereocenters. The molecule has 2 heterocycles. The highest BCUT2D eigenvalue weighted by atomic mass is 35.5. The Bertz CT molecular complexity index is 522. The van der Waals surface area contributed by atoms with Crippen LogP contribution in [0.15, 0.2) is 36.9 Å². The first kappa shape index (κ1) is 13.1. The maximum absolute atomic E-state index is 9.98. The van der Waals surface area contributed by atoms with E-state index >= 15 is 0 Å². The molecule has 0 aliphatic heterocycles. The number of halogens is 1. The van der Waals surface area contributed by atoms with E-state index in [1.807, 2.05) is 42.9 Å². The number of rotatable bonds is 4. The third-order valence-corrected chi connectivity index (χ3v) is 3.30. The molecule has 0 radical (unpaired) electrons. The van der Waals surface area contributed by atoms with Gasteiger partial charge in [0.25, 0.3) is 0 Å². The number of pyridine rings is 1. The van der Waals surface area contributed by atoms with E-state index in [0.29, 0.717) is 11.6 Å². The molecule has 0 spiro atoms. The lowest BCUT2D eigenvalue weighted by atomic mass is 10.0. The number of aliphatic hydroxyl groups excluding tert-OH is 1. The Morgan fingerprint density at radius 1 is 1.39 bits per heavy atom. The molecular weight excluding hydrogens is 248 g/mol. The predicted octanol–water partition coefficient (Wildman–Crippen LogP) is 3.27. The zero-order valence-electron chi connectivity index (χ0n) is 10.5. The number of hydrogen-bond donors (Lipinski definition) is 1. The lowest BCUT2D eigenvalue weighted by molar-refractivity contribution is 0.127. The molecule has 2 aromatic heterocycles. The number of hydrogen-bond acceptors (Lipinski definition) is 2. The van der Waals surface area contributed by atoms with Crippen LogP contribution in [0.3, 0.4) is 0 Å². The number of aliphatic hydroxyl groups is 1. The van der Waals surface area contributed by atoms with E-state index in [4.69, 9.17) is 11.6 Å². The smallest absolute Gasteiger partial charge is 0.0827 e. The summed E-state index contributed by atoms with van der Waals surface area (Å²) in [5, 5.41) is 10.6. The minimum atomic E-state index is -0.417. The van der Waals surface area contributed by atoms with Gasteiger partial charge in [0.1, 0.15) is 0 Å². The fourth-order valence-electron chi connectivity index (χ4n) is 1.85. The fraction of sp³-hybridized carbons (Fsp3) is 0.357. The number of nitrogens with zero attached hydrogens (tertiary/aromatic N) is 2. The quantitative estimate of drug-likeness (QED) is 0.920. The summed E-state index contributed by atoms with van der Waals surface area (Å²) in [6, 6.07) is 3.85. The maximum atomic E-state index is 9.98. The van der Waals surface area contributed by atoms with Crippen molar-refractivity contribution in [3.8, 4) is 0 Å². The van der Waals surface area contributed by atoms with E-state index in [2.05, 4.69) is 4.98 Å². The molecule has 96 valence electrons. The van der Waals surface area contributed by atoms with Crippen molar-refractivity contribution in [2.75, 3.05) is 0 Å². The van der Waals surface area contributed by atoms with E-state index in [0.717, 1.165) is 11.1 Å². The first-order valence-electron chi connectivity index (χ1n) is 6.00. The standard InChI is InChI=1S/C14H17ClN2O/c1-10(2)14(18)12-4-6-17(9-12)8-11-3-5-16-7-13(11)15/h3-7,9-10,14,18H,8H2,1-2H3. The van der Waals surface area contributed by atoms with Gasteiger partial charge in [0, 0.05) is 31.3 Å². The molecule has 18 heavy (non-hydrogen) atoms. The lowest BCUT2D eigenvalue weighted by Gasteiger charge is -2.12. The van der Waals surface area contributed by atoms with Crippen molar-refractivity contribution in [2.24, 2.45) is 5.92 Å². The molecule has 0 fully saturated rings. The Balaban J connectivity index is 2.14. The summed E-state index contributed by atoms with van der Waals surface area (Å²) in [6.07, 6.45) is 6.87. The summed E-state index contributed by atoms with van der Waals surface area (Å²) in [6.45, 7) is 4.69. The van der Waals surface area contributed by atoms with Crippen LogP contribution in [0, 0.1) is 5.92 Å². The molecule has 1 atom stereocenters. The molecule has 2 rings (SSSR count). The van der Waals surface area contributed by atoms with Crippen molar-refractivity contribution in [2.45, 2.75) is 26.5 Å². The summed E-state index contributed by atoms with van der Waals surface area (Å²) in [5.41, 5.74) is 1.96. The number of aromatic nitrogens is 2. The minimum Gasteiger partial charge on any atom is -0.388 e. The zero-order valence-corrected chi connectivity index (χ0v) is 11.3. The zero-order chi connectivity index (χ0) is 13.1. The van der Waals surface area contributed by atoms with Gasteiger partial charge in [0.2, 0.25) is 0 Å². The second-order valence-corrected chi connectivity index (χ2v) is 5.18. The predicted molar refractivity (Wildman–Crippen MR) is 72.6 cm³/mol. The first-order chi connectivity index (χ1) is 8.58. The Labute approximate surface area is 112 Å². The van der Waals surface area contributed by atoms with Gasteiger partial charge in [-0.3, -0.25) is 4.98 Å². The maximum Gasteiger partial charge on any atom is 0.0827 e. The summed E-state index contributed by atoms with van der Waals surface area (Å²) < 4.78 is 2.02. The van der Waals surface area contributed by atoms with Gasteiger partial charge in [-0.05, 0) is 29.2 Å². The Morgan fingerprint density at radius 2 is 2.17 bits per heavy atom. The fourth-order valence-corrected chi connectivity index (χ4v) is 2.03. The van der Waals surface area contributed by atoms with Crippen molar-refractivity contribution in [1.82, 2.24) is 9.55 Å². The van der Waals surface area contributed by atoms with Crippen LogP contribution < -0.4 is 0 Å². The molecule has 0 saturated carbocycles. The van der Waals surface area contributed by atoms with Crippen molar-refractivity contribution < 1.29 is 5.11 Å². The van der Waals surface area contributed by atoms with Crippen LogP contribution in [0.5, 0.6) is 0 Å². The Kier molecular flexibility index (Phi) is 4.04. The third kappa shape index (κ3) is 2.92. The average Bonchev–Trinajstić information content (AvgIpc) is 2.79. The van der Waals surface area contributed by atoms with E-state index in [-0.39, 0.29) is 5.92 Å². The molecule has 3 nitrogen and oxygen atoms in total. The molecule has 0 amide bonds. The SMILES string of the molecule is CC(C)C(O)c1ccn(Cc2ccncc2Cl)c1. The van der Waals surface area contributed by atoms with Gasteiger partial charge in [-0.2, -0.15) is 0 Å². The second-order valence-electron chi connectivity index (χ2n) is 4.77. The van der Waals surface area contributed by atoms with Crippen molar-refractivity contribution in [1.29, 1.82) is 0 Å². The molecule has 0 aromatic carbocycles. The van der Waals surface area contributed by atoms with Gasteiger partial charge >= 0.3 is 0 Å². The van der Waals surface area contributed by atoms with Crippen LogP contribution in [0.4, 0.5) is 0 Å². The van der Waals surface area contributed by atoms with Crippen LogP contribution in [-0.4, -0.2) is 14.7 Å². The minimum absolute atomic E-state index is 0.213. The lowest BCUT2D eigenvalue weighted by Crippen LogP contribution is -2.04. The molecule has 0 aliphatic rings. The van der Waals surface area contributed by atoms with Crippen molar-refractivity contribution in [3.05, 3.63) is 53.1 Å².